The largest absolute Gasteiger partial charge is 0.310 e. The predicted molar refractivity (Wildman–Crippen MR) is 267 cm³/mol. The molecule has 6 heteroatoms. The second kappa shape index (κ2) is 16.6. The minimum absolute atomic E-state index is 0.0192. The lowest BCUT2D eigenvalue weighted by Gasteiger charge is -2.30. The van der Waals surface area contributed by atoms with Crippen LogP contribution in [0.5, 0.6) is 0 Å². The third-order valence-corrected chi connectivity index (χ3v) is 13.2. The second-order valence-electron chi connectivity index (χ2n) is 17.4. The summed E-state index contributed by atoms with van der Waals surface area (Å²) in [6, 6.07) is 69.3. The van der Waals surface area contributed by atoms with Gasteiger partial charge in [0.15, 0.2) is 23.3 Å². The molecular formula is C61H42F4N2. The van der Waals surface area contributed by atoms with E-state index in [0.717, 1.165) is 61.3 Å². The van der Waals surface area contributed by atoms with Gasteiger partial charge in [-0.25, -0.2) is 17.6 Å². The highest BCUT2D eigenvalue weighted by Gasteiger charge is 2.37. The van der Waals surface area contributed by atoms with Crippen LogP contribution in [-0.2, 0) is 5.41 Å². The molecule has 0 amide bonds. The Bertz CT molecular complexity index is 3440. The standard InChI is InChI=1S/C61H42F4N2/c1-61(2)52-25-12-11-24-50(52)51-36-35-48(38-53(51)61)67(54-26-14-20-42-19-9-10-23-49(42)54)60-58(64)56(62)55(57(63)59(60)65)43-29-33-46(34-30-43)66(45-31-27-41(28-32-45)39-15-5-3-6-16-39)47-22-13-21-44(37-47)40-17-7-4-8-18-40/h3-38H,1-2H3. The van der Waals surface area contributed by atoms with Gasteiger partial charge in [0.2, 0.25) is 0 Å². The maximum absolute atomic E-state index is 17.2. The van der Waals surface area contributed by atoms with E-state index in [1.165, 1.54) is 17.0 Å². The van der Waals surface area contributed by atoms with Crippen molar-refractivity contribution in [3.05, 3.63) is 253 Å². The third kappa shape index (κ3) is 7.13. The van der Waals surface area contributed by atoms with Crippen molar-refractivity contribution >= 4 is 44.9 Å². The molecule has 0 fully saturated rings. The number of rotatable bonds is 9. The summed E-state index contributed by atoms with van der Waals surface area (Å²) in [5.41, 5.74) is 9.24. The van der Waals surface area contributed by atoms with Crippen molar-refractivity contribution in [3.63, 3.8) is 0 Å². The first-order chi connectivity index (χ1) is 32.7. The number of hydrogen-bond donors (Lipinski definition) is 0. The summed E-state index contributed by atoms with van der Waals surface area (Å²) < 4.78 is 68.3. The first kappa shape index (κ1) is 41.5. The average molecular weight is 879 g/mol. The predicted octanol–water partition coefficient (Wildman–Crippen LogP) is 17.6. The highest BCUT2D eigenvalue weighted by molar-refractivity contribution is 6.00. The summed E-state index contributed by atoms with van der Waals surface area (Å²) in [5.74, 6) is -6.01. The van der Waals surface area contributed by atoms with Crippen LogP contribution < -0.4 is 9.80 Å². The fourth-order valence-electron chi connectivity index (χ4n) is 9.81. The highest BCUT2D eigenvalue weighted by Crippen LogP contribution is 2.52. The maximum Gasteiger partial charge on any atom is 0.186 e. The molecule has 0 N–H and O–H groups in total. The Hall–Kier alpha value is -8.22. The Morgan fingerprint density at radius 3 is 1.52 bits per heavy atom. The molecule has 1 aliphatic carbocycles. The van der Waals surface area contributed by atoms with Crippen LogP contribution in [0.4, 0.5) is 51.7 Å². The zero-order chi connectivity index (χ0) is 45.8. The zero-order valence-corrected chi connectivity index (χ0v) is 36.7. The van der Waals surface area contributed by atoms with E-state index in [2.05, 4.69) is 56.3 Å². The number of halogens is 4. The lowest BCUT2D eigenvalue weighted by Crippen LogP contribution is -2.19. The number of anilines is 6. The summed E-state index contributed by atoms with van der Waals surface area (Å²) >= 11 is 0. The van der Waals surface area contributed by atoms with Crippen LogP contribution in [-0.4, -0.2) is 0 Å². The van der Waals surface area contributed by atoms with E-state index >= 15 is 17.6 Å². The number of benzene rings is 10. The molecule has 0 aliphatic heterocycles. The van der Waals surface area contributed by atoms with Crippen LogP contribution in [0.15, 0.2) is 218 Å². The smallest absolute Gasteiger partial charge is 0.186 e. The van der Waals surface area contributed by atoms with E-state index in [-0.39, 0.29) is 5.56 Å². The second-order valence-corrected chi connectivity index (χ2v) is 17.4. The average Bonchev–Trinajstić information content (AvgIpc) is 3.61. The van der Waals surface area contributed by atoms with Crippen molar-refractivity contribution in [3.8, 4) is 44.5 Å². The fourth-order valence-corrected chi connectivity index (χ4v) is 9.81. The van der Waals surface area contributed by atoms with Crippen LogP contribution >= 0.6 is 0 Å². The third-order valence-electron chi connectivity index (χ3n) is 13.2. The molecule has 0 spiro atoms. The van der Waals surface area contributed by atoms with E-state index in [1.807, 2.05) is 138 Å². The Labute approximate surface area is 387 Å². The van der Waals surface area contributed by atoms with Crippen molar-refractivity contribution < 1.29 is 17.6 Å². The van der Waals surface area contributed by atoms with Gasteiger partial charge >= 0.3 is 0 Å². The van der Waals surface area contributed by atoms with Crippen LogP contribution in [0.25, 0.3) is 55.3 Å². The first-order valence-electron chi connectivity index (χ1n) is 22.3. The molecule has 0 saturated heterocycles. The molecule has 0 saturated carbocycles. The number of fused-ring (bicyclic) bond motifs is 4. The Morgan fingerprint density at radius 2 is 0.836 bits per heavy atom. The minimum atomic E-state index is -1.51. The van der Waals surface area contributed by atoms with Crippen LogP contribution in [0.3, 0.4) is 0 Å². The Morgan fingerprint density at radius 1 is 0.343 bits per heavy atom. The molecular weight excluding hydrogens is 837 g/mol. The Balaban J connectivity index is 1.03. The van der Waals surface area contributed by atoms with E-state index in [4.69, 9.17) is 0 Å². The SMILES string of the molecule is CC1(C)c2ccccc2-c2ccc(N(c3c(F)c(F)c(-c4ccc(N(c5ccc(-c6ccccc6)cc5)c5cccc(-c6ccccc6)c5)cc4)c(F)c3F)c3cccc4ccccc34)cc21. The van der Waals surface area contributed by atoms with Crippen molar-refractivity contribution in [1.29, 1.82) is 0 Å². The molecule has 1 aliphatic rings. The lowest BCUT2D eigenvalue weighted by atomic mass is 9.82. The van der Waals surface area contributed by atoms with Crippen molar-refractivity contribution in [2.75, 3.05) is 9.80 Å². The van der Waals surface area contributed by atoms with Gasteiger partial charge in [-0.05, 0) is 110 Å². The Kier molecular flexibility index (Phi) is 10.3. The zero-order valence-electron chi connectivity index (χ0n) is 36.7. The topological polar surface area (TPSA) is 6.48 Å². The van der Waals surface area contributed by atoms with E-state index < -0.39 is 39.9 Å². The molecule has 2 nitrogen and oxygen atoms in total. The van der Waals surface area contributed by atoms with E-state index in [1.54, 1.807) is 30.3 Å². The van der Waals surface area contributed by atoms with Crippen molar-refractivity contribution in [1.82, 2.24) is 0 Å². The molecule has 0 heterocycles. The lowest BCUT2D eigenvalue weighted by molar-refractivity contribution is 0.461. The molecule has 0 bridgehead atoms. The molecule has 0 radical (unpaired) electrons. The van der Waals surface area contributed by atoms with Gasteiger partial charge < -0.3 is 9.80 Å². The van der Waals surface area contributed by atoms with Gasteiger partial charge in [-0.1, -0.05) is 178 Å². The monoisotopic (exact) mass is 878 g/mol. The van der Waals surface area contributed by atoms with Crippen molar-refractivity contribution in [2.45, 2.75) is 19.3 Å². The van der Waals surface area contributed by atoms with Gasteiger partial charge in [0.05, 0.1) is 11.3 Å². The molecule has 10 aromatic carbocycles. The van der Waals surface area contributed by atoms with Crippen LogP contribution in [0.1, 0.15) is 25.0 Å². The molecule has 11 rings (SSSR count). The molecule has 67 heavy (non-hydrogen) atoms. The van der Waals surface area contributed by atoms with Gasteiger partial charge in [-0.15, -0.1) is 0 Å². The van der Waals surface area contributed by atoms with E-state index in [0.29, 0.717) is 22.4 Å². The summed E-state index contributed by atoms with van der Waals surface area (Å²) in [7, 11) is 0. The molecule has 0 unspecified atom stereocenters. The van der Waals surface area contributed by atoms with Gasteiger partial charge in [0, 0.05) is 33.6 Å². The van der Waals surface area contributed by atoms with Gasteiger partial charge in [-0.2, -0.15) is 0 Å². The van der Waals surface area contributed by atoms with Gasteiger partial charge in [-0.3, -0.25) is 0 Å². The highest BCUT2D eigenvalue weighted by atomic mass is 19.2. The first-order valence-corrected chi connectivity index (χ1v) is 22.3. The summed E-state index contributed by atoms with van der Waals surface area (Å²) in [4.78, 5) is 3.36. The summed E-state index contributed by atoms with van der Waals surface area (Å²) in [6.07, 6.45) is 0. The molecule has 10 aromatic rings. The number of nitrogens with zero attached hydrogens (tertiary/aromatic N) is 2. The van der Waals surface area contributed by atoms with Gasteiger partial charge in [0.25, 0.3) is 0 Å². The summed E-state index contributed by atoms with van der Waals surface area (Å²) in [6.45, 7) is 4.21. The van der Waals surface area contributed by atoms with Crippen molar-refractivity contribution in [2.24, 2.45) is 0 Å². The van der Waals surface area contributed by atoms with Crippen LogP contribution in [0, 0.1) is 23.3 Å². The number of hydrogen-bond acceptors (Lipinski definition) is 2. The molecule has 324 valence electrons. The summed E-state index contributed by atoms with van der Waals surface area (Å²) in [5, 5.41) is 1.45. The van der Waals surface area contributed by atoms with Gasteiger partial charge in [0.1, 0.15) is 5.69 Å². The quantitative estimate of drug-likeness (QED) is 0.105. The van der Waals surface area contributed by atoms with Crippen LogP contribution in [0.2, 0.25) is 0 Å². The maximum atomic E-state index is 17.2. The van der Waals surface area contributed by atoms with E-state index in [9.17, 15) is 0 Å². The molecule has 0 aromatic heterocycles. The molecule has 0 atom stereocenters. The minimum Gasteiger partial charge on any atom is -0.310 e. The fraction of sp³-hybridized carbons (Fsp3) is 0.0492. The normalized spacial score (nSPS) is 12.4.